The van der Waals surface area contributed by atoms with Gasteiger partial charge >= 0.3 is 0 Å². The van der Waals surface area contributed by atoms with E-state index in [0.29, 0.717) is 6.42 Å². The molecule has 1 aromatic carbocycles. The number of hydrogen-bond donors (Lipinski definition) is 3. The number of para-hydroxylation sites is 1. The van der Waals surface area contributed by atoms with Gasteiger partial charge in [0.15, 0.2) is 0 Å². The summed E-state index contributed by atoms with van der Waals surface area (Å²) < 4.78 is 0. The van der Waals surface area contributed by atoms with Crippen molar-refractivity contribution < 1.29 is 4.79 Å². The lowest BCUT2D eigenvalue weighted by Gasteiger charge is -2.11. The highest BCUT2D eigenvalue weighted by Crippen LogP contribution is 2.33. The van der Waals surface area contributed by atoms with Gasteiger partial charge in [-0.2, -0.15) is 0 Å². The van der Waals surface area contributed by atoms with Crippen molar-refractivity contribution in [1.82, 2.24) is 19.9 Å². The summed E-state index contributed by atoms with van der Waals surface area (Å²) in [6.45, 7) is 1.84. The number of aromatic amines is 2. The molecule has 0 saturated heterocycles. The van der Waals surface area contributed by atoms with Gasteiger partial charge in [-0.1, -0.05) is 25.1 Å². The maximum absolute atomic E-state index is 12.2. The molecule has 3 aromatic heterocycles. The minimum atomic E-state index is -0.0276. The molecule has 0 spiro atoms. The van der Waals surface area contributed by atoms with Crippen molar-refractivity contribution in [1.29, 1.82) is 0 Å². The molecule has 4 aromatic rings. The van der Waals surface area contributed by atoms with E-state index in [1.54, 1.807) is 0 Å². The number of nitrogens with one attached hydrogen (secondary N) is 3. The fraction of sp³-hybridized carbons (Fsp3) is 0.0690. The maximum atomic E-state index is 12.2. The van der Waals surface area contributed by atoms with Gasteiger partial charge in [-0.05, 0) is 72.8 Å². The summed E-state index contributed by atoms with van der Waals surface area (Å²) >= 11 is 0. The van der Waals surface area contributed by atoms with Gasteiger partial charge in [-0.25, -0.2) is 9.97 Å². The normalized spacial score (nSPS) is 12.4. The molecule has 6 rings (SSSR count). The number of anilines is 1. The lowest BCUT2D eigenvalue weighted by molar-refractivity contribution is -0.115. The molecular formula is C29H23N5O. The van der Waals surface area contributed by atoms with Crippen molar-refractivity contribution in [3.8, 4) is 0 Å². The van der Waals surface area contributed by atoms with Crippen LogP contribution in [0.25, 0.3) is 45.9 Å². The Morgan fingerprint density at radius 2 is 1.40 bits per heavy atom. The summed E-state index contributed by atoms with van der Waals surface area (Å²) in [4.78, 5) is 28.7. The molecule has 0 unspecified atom stereocenters. The third kappa shape index (κ3) is 4.29. The zero-order valence-corrected chi connectivity index (χ0v) is 19.2. The monoisotopic (exact) mass is 457 g/mol. The van der Waals surface area contributed by atoms with E-state index in [9.17, 15) is 4.79 Å². The van der Waals surface area contributed by atoms with Gasteiger partial charge in [-0.3, -0.25) is 4.79 Å². The highest BCUT2D eigenvalue weighted by Gasteiger charge is 2.17. The average molecular weight is 458 g/mol. The average Bonchev–Trinajstić information content (AvgIpc) is 3.65. The summed E-state index contributed by atoms with van der Waals surface area (Å²) in [5, 5.41) is 3.02. The van der Waals surface area contributed by atoms with E-state index < -0.39 is 0 Å². The van der Waals surface area contributed by atoms with E-state index in [-0.39, 0.29) is 5.91 Å². The van der Waals surface area contributed by atoms with Crippen LogP contribution in [0, 0.1) is 0 Å². The van der Waals surface area contributed by atoms with Gasteiger partial charge in [0.2, 0.25) is 5.91 Å². The van der Waals surface area contributed by atoms with Crippen LogP contribution in [0.4, 0.5) is 5.69 Å². The second kappa shape index (κ2) is 8.57. The number of hydrogen-bond acceptors (Lipinski definition) is 3. The molecule has 2 aliphatic rings. The van der Waals surface area contributed by atoms with Gasteiger partial charge in [-0.15, -0.1) is 0 Å². The highest BCUT2D eigenvalue weighted by atomic mass is 16.1. The first-order valence-corrected chi connectivity index (χ1v) is 11.6. The highest BCUT2D eigenvalue weighted by molar-refractivity contribution is 6.00. The van der Waals surface area contributed by atoms with Crippen molar-refractivity contribution in [2.24, 2.45) is 0 Å². The third-order valence-electron chi connectivity index (χ3n) is 5.98. The fourth-order valence-electron chi connectivity index (χ4n) is 4.30. The van der Waals surface area contributed by atoms with E-state index >= 15 is 0 Å². The number of carbonyl (C=O) groups is 1. The molecule has 170 valence electrons. The Hall–Kier alpha value is -4.71. The molecule has 1 amide bonds. The lowest BCUT2D eigenvalue weighted by atomic mass is 10.0. The van der Waals surface area contributed by atoms with Crippen LogP contribution < -0.4 is 5.32 Å². The molecule has 0 saturated carbocycles. The van der Waals surface area contributed by atoms with Crippen LogP contribution in [0.5, 0.6) is 0 Å². The lowest BCUT2D eigenvalue weighted by Crippen LogP contribution is -2.11. The van der Waals surface area contributed by atoms with Crippen molar-refractivity contribution in [3.63, 3.8) is 0 Å². The van der Waals surface area contributed by atoms with Crippen molar-refractivity contribution in [3.05, 3.63) is 101 Å². The Balaban J connectivity index is 1.59. The Kier molecular flexibility index (Phi) is 5.11. The van der Waals surface area contributed by atoms with Crippen molar-refractivity contribution in [2.45, 2.75) is 13.3 Å². The predicted molar refractivity (Wildman–Crippen MR) is 142 cm³/mol. The molecule has 6 nitrogen and oxygen atoms in total. The number of amides is 1. The second-order valence-electron chi connectivity index (χ2n) is 8.54. The molecule has 3 N–H and O–H groups in total. The molecule has 6 heteroatoms. The molecule has 0 atom stereocenters. The smallest absolute Gasteiger partial charge is 0.224 e. The van der Waals surface area contributed by atoms with Crippen LogP contribution in [0.1, 0.15) is 41.7 Å². The molecule has 5 heterocycles. The molecule has 2 aliphatic heterocycles. The second-order valence-corrected chi connectivity index (χ2v) is 8.54. The van der Waals surface area contributed by atoms with Gasteiger partial charge < -0.3 is 15.3 Å². The molecule has 35 heavy (non-hydrogen) atoms. The Morgan fingerprint density at radius 1 is 0.771 bits per heavy atom. The van der Waals surface area contributed by atoms with Crippen LogP contribution in [-0.2, 0) is 4.79 Å². The number of rotatable bonds is 3. The van der Waals surface area contributed by atoms with Crippen LogP contribution in [0.3, 0.4) is 0 Å². The number of carbonyl (C=O) groups excluding carboxylic acids is 1. The third-order valence-corrected chi connectivity index (χ3v) is 5.98. The Bertz CT molecular complexity index is 1690. The first kappa shape index (κ1) is 20.9. The largest absolute Gasteiger partial charge is 0.355 e. The van der Waals surface area contributed by atoms with Crippen LogP contribution in [0.15, 0.2) is 72.8 Å². The van der Waals surface area contributed by atoms with Gasteiger partial charge in [0.05, 0.1) is 22.8 Å². The zero-order chi connectivity index (χ0) is 23.8. The standard InChI is InChI=1S/C29H23N5O/c1-2-29(35)34-27-6-4-3-5-25(27)26-16-24-15-22-10-9-20(31-22)13-18-7-8-19(30-18)14-21-11-12-23(32-21)17-28(26)33-24/h3-17,30-31H,2H2,1H3,(H,34,35). The summed E-state index contributed by atoms with van der Waals surface area (Å²) in [5.74, 6) is -0.0276. The number of benzene rings is 1. The maximum Gasteiger partial charge on any atom is 0.224 e. The summed E-state index contributed by atoms with van der Waals surface area (Å²) in [7, 11) is 0. The summed E-state index contributed by atoms with van der Waals surface area (Å²) in [6.07, 6.45) is 6.45. The van der Waals surface area contributed by atoms with E-state index in [1.165, 1.54) is 0 Å². The summed E-state index contributed by atoms with van der Waals surface area (Å²) in [5.41, 5.74) is 9.89. The number of fused-ring (bicyclic) bond motifs is 8. The Morgan fingerprint density at radius 3 is 2.11 bits per heavy atom. The SMILES string of the molecule is CCC(=O)Nc1ccccc1C1=Cc2cc3ccc(cc4ccc(cc5nc(cc1n2)C=C5)[nH]4)[nH]3. The van der Waals surface area contributed by atoms with E-state index in [2.05, 4.69) is 33.5 Å². The minimum Gasteiger partial charge on any atom is -0.355 e. The van der Waals surface area contributed by atoms with Gasteiger partial charge in [0.1, 0.15) is 0 Å². The van der Waals surface area contributed by atoms with Gasteiger partial charge in [0, 0.05) is 45.3 Å². The van der Waals surface area contributed by atoms with Crippen molar-refractivity contribution >= 4 is 57.5 Å². The van der Waals surface area contributed by atoms with Gasteiger partial charge in [0.25, 0.3) is 0 Å². The predicted octanol–water partition coefficient (Wildman–Crippen LogP) is 6.42. The zero-order valence-electron chi connectivity index (χ0n) is 19.2. The topological polar surface area (TPSA) is 86.5 Å². The van der Waals surface area contributed by atoms with Crippen LogP contribution in [-0.4, -0.2) is 25.8 Å². The van der Waals surface area contributed by atoms with E-state index in [1.807, 2.05) is 79.7 Å². The summed E-state index contributed by atoms with van der Waals surface area (Å²) in [6, 6.07) is 24.1. The minimum absolute atomic E-state index is 0.0276. The van der Waals surface area contributed by atoms with E-state index in [4.69, 9.17) is 9.97 Å². The fourth-order valence-corrected chi connectivity index (χ4v) is 4.30. The van der Waals surface area contributed by atoms with E-state index in [0.717, 1.165) is 61.7 Å². The number of H-pyrrole nitrogens is 2. The number of aromatic nitrogens is 4. The molecule has 0 aliphatic carbocycles. The molecule has 0 radical (unpaired) electrons. The molecule has 0 fully saturated rings. The molecular weight excluding hydrogens is 434 g/mol. The Labute approximate surface area is 202 Å². The first-order valence-electron chi connectivity index (χ1n) is 11.6. The van der Waals surface area contributed by atoms with Crippen molar-refractivity contribution in [2.75, 3.05) is 5.32 Å². The van der Waals surface area contributed by atoms with Crippen LogP contribution in [0.2, 0.25) is 0 Å². The molecule has 8 bridgehead atoms. The number of nitrogens with zero attached hydrogens (tertiary/aromatic N) is 2. The van der Waals surface area contributed by atoms with Crippen LogP contribution >= 0.6 is 0 Å². The quantitative estimate of drug-likeness (QED) is 0.286. The first-order chi connectivity index (χ1) is 17.1.